The molecule has 0 amide bonds. The number of methoxy groups -OCH3 is 1. The molecule has 1 saturated heterocycles. The summed E-state index contributed by atoms with van der Waals surface area (Å²) in [5, 5.41) is 0. The van der Waals surface area contributed by atoms with Gasteiger partial charge in [-0.15, -0.1) is 0 Å². The van der Waals surface area contributed by atoms with Crippen LogP contribution in [0.5, 0.6) is 5.75 Å². The number of ether oxygens (including phenoxy) is 1. The predicted octanol–water partition coefficient (Wildman–Crippen LogP) is 1.91. The van der Waals surface area contributed by atoms with Gasteiger partial charge in [0.2, 0.25) is 0 Å². The van der Waals surface area contributed by atoms with Gasteiger partial charge in [0.1, 0.15) is 5.75 Å². The quantitative estimate of drug-likeness (QED) is 0.844. The lowest BCUT2D eigenvalue weighted by molar-refractivity contribution is 0.312. The minimum Gasteiger partial charge on any atom is -0.495 e. The normalized spacial score (nSPS) is 20.6. The van der Waals surface area contributed by atoms with Crippen molar-refractivity contribution in [3.8, 4) is 5.75 Å². The summed E-state index contributed by atoms with van der Waals surface area (Å²) < 4.78 is 5.39. The molecule has 1 saturated carbocycles. The van der Waals surface area contributed by atoms with Crippen molar-refractivity contribution in [2.24, 2.45) is 0 Å². The highest BCUT2D eigenvalue weighted by atomic mass is 16.5. The number of hydrogen-bond acceptors (Lipinski definition) is 4. The van der Waals surface area contributed by atoms with Crippen LogP contribution in [0.3, 0.4) is 0 Å². The molecule has 0 aromatic heterocycles. The van der Waals surface area contributed by atoms with Crippen LogP contribution >= 0.6 is 0 Å². The van der Waals surface area contributed by atoms with Gasteiger partial charge in [0.15, 0.2) is 0 Å². The highest BCUT2D eigenvalue weighted by molar-refractivity contribution is 5.68. The molecule has 4 heteroatoms. The third-order valence-electron chi connectivity index (χ3n) is 4.24. The van der Waals surface area contributed by atoms with Gasteiger partial charge < -0.3 is 20.3 Å². The minimum absolute atomic E-state index is 0.711. The molecule has 2 fully saturated rings. The summed E-state index contributed by atoms with van der Waals surface area (Å²) in [6.45, 7) is 4.42. The molecule has 1 aliphatic heterocycles. The summed E-state index contributed by atoms with van der Waals surface area (Å²) >= 11 is 0. The van der Waals surface area contributed by atoms with Crippen molar-refractivity contribution in [2.75, 3.05) is 51.0 Å². The van der Waals surface area contributed by atoms with Gasteiger partial charge in [0.25, 0.3) is 0 Å². The Morgan fingerprint density at radius 1 is 1.16 bits per heavy atom. The number of nitrogens with two attached hydrogens (primary N) is 1. The molecule has 1 aromatic rings. The number of nitrogen functional groups attached to an aromatic ring is 1. The molecule has 2 aliphatic rings. The van der Waals surface area contributed by atoms with Gasteiger partial charge in [-0.25, -0.2) is 0 Å². The van der Waals surface area contributed by atoms with Crippen molar-refractivity contribution in [3.05, 3.63) is 17.7 Å². The predicted molar refractivity (Wildman–Crippen MR) is 79.1 cm³/mol. The van der Waals surface area contributed by atoms with E-state index in [9.17, 15) is 0 Å². The Morgan fingerprint density at radius 2 is 1.84 bits per heavy atom. The summed E-state index contributed by atoms with van der Waals surface area (Å²) in [5.41, 5.74) is 9.59. The van der Waals surface area contributed by atoms with Crippen molar-refractivity contribution in [3.63, 3.8) is 0 Å². The van der Waals surface area contributed by atoms with Gasteiger partial charge in [0.05, 0.1) is 12.8 Å². The summed E-state index contributed by atoms with van der Waals surface area (Å²) in [4.78, 5) is 4.86. The van der Waals surface area contributed by atoms with Gasteiger partial charge in [-0.2, -0.15) is 0 Å². The van der Waals surface area contributed by atoms with Crippen LogP contribution in [-0.2, 0) is 0 Å². The largest absolute Gasteiger partial charge is 0.495 e. The number of rotatable bonds is 3. The van der Waals surface area contributed by atoms with E-state index in [1.807, 2.05) is 0 Å². The molecule has 0 bridgehead atoms. The van der Waals surface area contributed by atoms with Crippen LogP contribution in [0.2, 0.25) is 0 Å². The van der Waals surface area contributed by atoms with Crippen LogP contribution < -0.4 is 15.4 Å². The van der Waals surface area contributed by atoms with Crippen LogP contribution in [0.25, 0.3) is 0 Å². The Morgan fingerprint density at radius 3 is 2.42 bits per heavy atom. The fourth-order valence-corrected chi connectivity index (χ4v) is 2.82. The van der Waals surface area contributed by atoms with E-state index >= 15 is 0 Å². The number of piperazine rings is 1. The van der Waals surface area contributed by atoms with Crippen molar-refractivity contribution in [1.29, 1.82) is 0 Å². The monoisotopic (exact) mass is 261 g/mol. The zero-order valence-corrected chi connectivity index (χ0v) is 11.9. The molecule has 19 heavy (non-hydrogen) atoms. The molecule has 0 atom stereocenters. The molecule has 1 aromatic carbocycles. The van der Waals surface area contributed by atoms with Gasteiger partial charge >= 0.3 is 0 Å². The second kappa shape index (κ2) is 4.93. The van der Waals surface area contributed by atoms with Crippen molar-refractivity contribution in [1.82, 2.24) is 4.90 Å². The van der Waals surface area contributed by atoms with E-state index in [1.54, 1.807) is 7.11 Å². The first-order valence-electron chi connectivity index (χ1n) is 7.10. The number of benzene rings is 1. The van der Waals surface area contributed by atoms with Crippen molar-refractivity contribution < 1.29 is 4.74 Å². The Kier molecular flexibility index (Phi) is 3.27. The summed E-state index contributed by atoms with van der Waals surface area (Å²) in [5.74, 6) is 1.51. The molecule has 0 spiro atoms. The average Bonchev–Trinajstić information content (AvgIpc) is 3.24. The van der Waals surface area contributed by atoms with Crippen LogP contribution in [0.4, 0.5) is 11.4 Å². The SMILES string of the molecule is COc1cc(N2CCN(C)CC2)c(C2CC2)cc1N. The second-order valence-corrected chi connectivity index (χ2v) is 5.72. The molecule has 0 unspecified atom stereocenters. The molecule has 0 radical (unpaired) electrons. The van der Waals surface area contributed by atoms with E-state index in [1.165, 1.54) is 24.1 Å². The number of anilines is 2. The molecule has 2 N–H and O–H groups in total. The van der Waals surface area contributed by atoms with Gasteiger partial charge in [-0.3, -0.25) is 0 Å². The number of nitrogens with zero attached hydrogens (tertiary/aromatic N) is 2. The molecular weight excluding hydrogens is 238 g/mol. The van der Waals surface area contributed by atoms with E-state index < -0.39 is 0 Å². The zero-order chi connectivity index (χ0) is 13.4. The fraction of sp³-hybridized carbons (Fsp3) is 0.600. The lowest BCUT2D eigenvalue weighted by Crippen LogP contribution is -2.44. The summed E-state index contributed by atoms with van der Waals surface area (Å²) in [6, 6.07) is 4.26. The standard InChI is InChI=1S/C15H23N3O/c1-17-5-7-18(8-6-17)14-10-15(19-2)13(16)9-12(14)11-3-4-11/h9-11H,3-8,16H2,1-2H3. The summed E-state index contributed by atoms with van der Waals surface area (Å²) in [7, 11) is 3.87. The third-order valence-corrected chi connectivity index (χ3v) is 4.24. The molecule has 104 valence electrons. The van der Waals surface area contributed by atoms with E-state index in [-0.39, 0.29) is 0 Å². The highest BCUT2D eigenvalue weighted by Crippen LogP contribution is 2.47. The first kappa shape index (κ1) is 12.6. The van der Waals surface area contributed by atoms with E-state index in [0.717, 1.165) is 37.6 Å². The van der Waals surface area contributed by atoms with Gasteiger partial charge in [0, 0.05) is 37.9 Å². The number of likely N-dealkylation sites (N-methyl/N-ethyl adjacent to an activating group) is 1. The van der Waals surface area contributed by atoms with Crippen molar-refractivity contribution in [2.45, 2.75) is 18.8 Å². The second-order valence-electron chi connectivity index (χ2n) is 5.72. The lowest BCUT2D eigenvalue weighted by atomic mass is 10.0. The highest BCUT2D eigenvalue weighted by Gasteiger charge is 2.29. The Labute approximate surface area is 115 Å². The molecular formula is C15H23N3O. The topological polar surface area (TPSA) is 41.7 Å². The Balaban J connectivity index is 1.93. The Bertz CT molecular complexity index is 463. The van der Waals surface area contributed by atoms with Crippen LogP contribution in [0.1, 0.15) is 24.3 Å². The third kappa shape index (κ3) is 2.50. The van der Waals surface area contributed by atoms with Gasteiger partial charge in [-0.1, -0.05) is 0 Å². The van der Waals surface area contributed by atoms with Crippen LogP contribution in [-0.4, -0.2) is 45.2 Å². The Hall–Kier alpha value is -1.42. The maximum atomic E-state index is 6.07. The smallest absolute Gasteiger partial charge is 0.143 e. The molecule has 3 rings (SSSR count). The zero-order valence-electron chi connectivity index (χ0n) is 11.9. The first-order chi connectivity index (χ1) is 9.19. The van der Waals surface area contributed by atoms with Crippen LogP contribution in [0.15, 0.2) is 12.1 Å². The minimum atomic E-state index is 0.711. The lowest BCUT2D eigenvalue weighted by Gasteiger charge is -2.35. The van der Waals surface area contributed by atoms with E-state index in [2.05, 4.69) is 29.0 Å². The van der Waals surface area contributed by atoms with Crippen molar-refractivity contribution >= 4 is 11.4 Å². The maximum absolute atomic E-state index is 6.07. The molecule has 4 nitrogen and oxygen atoms in total. The molecule has 1 heterocycles. The summed E-state index contributed by atoms with van der Waals surface area (Å²) in [6.07, 6.45) is 2.60. The fourth-order valence-electron chi connectivity index (χ4n) is 2.82. The first-order valence-corrected chi connectivity index (χ1v) is 7.10. The van der Waals surface area contributed by atoms with Crippen LogP contribution in [0, 0.1) is 0 Å². The van der Waals surface area contributed by atoms with E-state index in [0.29, 0.717) is 5.92 Å². The van der Waals surface area contributed by atoms with E-state index in [4.69, 9.17) is 10.5 Å². The number of hydrogen-bond donors (Lipinski definition) is 1. The van der Waals surface area contributed by atoms with Gasteiger partial charge in [-0.05, 0) is 37.4 Å². The maximum Gasteiger partial charge on any atom is 0.143 e. The molecule has 1 aliphatic carbocycles. The average molecular weight is 261 g/mol.